The molecule has 0 bridgehead atoms. The molecule has 3 atom stereocenters. The summed E-state index contributed by atoms with van der Waals surface area (Å²) < 4.78 is 17.0. The molecule has 1 aromatic carbocycles. The fourth-order valence-electron chi connectivity index (χ4n) is 4.47. The van der Waals surface area contributed by atoms with Crippen molar-refractivity contribution < 1.29 is 29.2 Å². The van der Waals surface area contributed by atoms with E-state index in [1.54, 1.807) is 4.90 Å². The second-order valence-electron chi connectivity index (χ2n) is 9.55. The second kappa shape index (κ2) is 7.90. The van der Waals surface area contributed by atoms with Crippen molar-refractivity contribution in [3.8, 4) is 11.5 Å². The second-order valence-corrected chi connectivity index (χ2v) is 9.55. The minimum Gasteiger partial charge on any atom is -0.504 e. The van der Waals surface area contributed by atoms with Crippen molar-refractivity contribution >= 4 is 6.09 Å². The van der Waals surface area contributed by atoms with Gasteiger partial charge in [-0.3, -0.25) is 4.90 Å². The fourth-order valence-corrected chi connectivity index (χ4v) is 4.47. The van der Waals surface area contributed by atoms with Crippen molar-refractivity contribution in [2.45, 2.75) is 77.4 Å². The molecule has 2 aliphatic rings. The van der Waals surface area contributed by atoms with Crippen LogP contribution in [0.1, 0.15) is 57.4 Å². The van der Waals surface area contributed by atoms with Crippen LogP contribution in [0.2, 0.25) is 0 Å². The van der Waals surface area contributed by atoms with Crippen LogP contribution in [-0.4, -0.2) is 64.9 Å². The van der Waals surface area contributed by atoms with E-state index in [-0.39, 0.29) is 25.0 Å². The smallest absolute Gasteiger partial charge is 0.412 e. The van der Waals surface area contributed by atoms with E-state index in [2.05, 4.69) is 5.32 Å². The molecule has 0 saturated carbocycles. The van der Waals surface area contributed by atoms with Crippen LogP contribution in [0.4, 0.5) is 4.79 Å². The Morgan fingerprint density at radius 2 is 2.07 bits per heavy atom. The van der Waals surface area contributed by atoms with Crippen LogP contribution in [0.3, 0.4) is 0 Å². The van der Waals surface area contributed by atoms with Gasteiger partial charge in [0.05, 0.1) is 32.4 Å². The molecule has 0 aromatic heterocycles. The van der Waals surface area contributed by atoms with Crippen LogP contribution < -0.4 is 10.1 Å². The van der Waals surface area contributed by atoms with Gasteiger partial charge in [0, 0.05) is 11.6 Å². The van der Waals surface area contributed by atoms with Gasteiger partial charge < -0.3 is 29.7 Å². The number of rotatable bonds is 3. The Morgan fingerprint density at radius 1 is 1.40 bits per heavy atom. The van der Waals surface area contributed by atoms with Gasteiger partial charge in [0.2, 0.25) is 0 Å². The summed E-state index contributed by atoms with van der Waals surface area (Å²) in [7, 11) is 1.52. The van der Waals surface area contributed by atoms with E-state index in [0.29, 0.717) is 17.7 Å². The summed E-state index contributed by atoms with van der Waals surface area (Å²) in [6, 6.07) is 0.859. The molecule has 3 N–H and O–H groups in total. The molecule has 0 spiro atoms. The number of aliphatic hydroxyl groups is 1. The van der Waals surface area contributed by atoms with Crippen LogP contribution in [0, 0.1) is 6.92 Å². The normalized spacial score (nSPS) is 25.7. The number of nitrogens with one attached hydrogen (secondary N) is 1. The van der Waals surface area contributed by atoms with Gasteiger partial charge in [0.25, 0.3) is 0 Å². The molecule has 0 aliphatic carbocycles. The number of fused-ring (bicyclic) bond motifs is 1. The van der Waals surface area contributed by atoms with Crippen molar-refractivity contribution in [3.05, 3.63) is 22.8 Å². The number of hydrogen-bond acceptors (Lipinski definition) is 7. The summed E-state index contributed by atoms with van der Waals surface area (Å²) in [5.74, 6) is 0.459. The zero-order valence-corrected chi connectivity index (χ0v) is 18.9. The number of aliphatic hydroxyl groups excluding tert-OH is 1. The van der Waals surface area contributed by atoms with Crippen molar-refractivity contribution in [2.24, 2.45) is 0 Å². The molecule has 0 radical (unpaired) electrons. The number of benzene rings is 1. The minimum atomic E-state index is -0.884. The topological polar surface area (TPSA) is 100 Å². The molecular weight excluding hydrogens is 388 g/mol. The third-order valence-electron chi connectivity index (χ3n) is 5.68. The number of amides is 1. The lowest BCUT2D eigenvalue weighted by Crippen LogP contribution is -2.56. The van der Waals surface area contributed by atoms with Gasteiger partial charge in [-0.25, -0.2) is 4.79 Å². The molecule has 168 valence electrons. The van der Waals surface area contributed by atoms with Gasteiger partial charge in [0.15, 0.2) is 11.5 Å². The molecule has 30 heavy (non-hydrogen) atoms. The summed E-state index contributed by atoms with van der Waals surface area (Å²) in [6.07, 6.45) is 0.0764. The highest BCUT2D eigenvalue weighted by Crippen LogP contribution is 2.46. The first-order chi connectivity index (χ1) is 13.9. The molecule has 2 aliphatic heterocycles. The lowest BCUT2D eigenvalue weighted by Gasteiger charge is -2.41. The predicted molar refractivity (Wildman–Crippen MR) is 112 cm³/mol. The van der Waals surface area contributed by atoms with E-state index in [4.69, 9.17) is 14.2 Å². The highest BCUT2D eigenvalue weighted by Gasteiger charge is 2.51. The quantitative estimate of drug-likeness (QED) is 0.688. The van der Waals surface area contributed by atoms with E-state index in [9.17, 15) is 15.0 Å². The monoisotopic (exact) mass is 422 g/mol. The summed E-state index contributed by atoms with van der Waals surface area (Å²) >= 11 is 0. The highest BCUT2D eigenvalue weighted by molar-refractivity contribution is 5.70. The third kappa shape index (κ3) is 4.08. The summed E-state index contributed by atoms with van der Waals surface area (Å²) in [4.78, 5) is 14.7. The Balaban J connectivity index is 2.08. The first-order valence-corrected chi connectivity index (χ1v) is 10.3. The molecule has 8 nitrogen and oxygen atoms in total. The molecule has 1 unspecified atom stereocenters. The zero-order valence-electron chi connectivity index (χ0n) is 18.9. The predicted octanol–water partition coefficient (Wildman–Crippen LogP) is 2.63. The number of phenolic OH excluding ortho intramolecular Hbond substituents is 1. The number of phenols is 1. The van der Waals surface area contributed by atoms with Crippen molar-refractivity contribution in [3.63, 3.8) is 0 Å². The molecular formula is C22H34N2O6. The van der Waals surface area contributed by atoms with Gasteiger partial charge in [-0.1, -0.05) is 6.07 Å². The molecule has 1 saturated heterocycles. The SMILES string of the molecule is COc1c(C)cc2c(c1O)C([C@@H]1COC(C)(C)N1C(=O)OC(C)(C)C)N[C@H](CO)C2. The van der Waals surface area contributed by atoms with E-state index >= 15 is 0 Å². The Hall–Kier alpha value is -2.03. The van der Waals surface area contributed by atoms with Gasteiger partial charge in [-0.15, -0.1) is 0 Å². The standard InChI is InChI=1S/C22H34N2O6/c1-12-8-13-9-14(10-25)23-17(16(13)18(26)19(12)28-7)15-11-29-22(5,6)24(15)20(27)30-21(2,3)4/h8,14-15,17,23,25-26H,9-11H2,1-7H3/t14-,15-,17?/m0/s1. The number of carbonyl (C=O) groups excluding carboxylic acids is 1. The third-order valence-corrected chi connectivity index (χ3v) is 5.68. The number of aryl methyl sites for hydroxylation is 1. The van der Waals surface area contributed by atoms with E-state index in [1.165, 1.54) is 7.11 Å². The highest BCUT2D eigenvalue weighted by atomic mass is 16.6. The molecule has 2 heterocycles. The summed E-state index contributed by atoms with van der Waals surface area (Å²) in [5.41, 5.74) is 0.863. The minimum absolute atomic E-state index is 0.0511. The molecule has 1 amide bonds. The largest absolute Gasteiger partial charge is 0.504 e. The van der Waals surface area contributed by atoms with E-state index in [1.807, 2.05) is 47.6 Å². The lowest BCUT2D eigenvalue weighted by molar-refractivity contribution is -0.0640. The number of hydrogen-bond donors (Lipinski definition) is 3. The number of methoxy groups -OCH3 is 1. The van der Waals surface area contributed by atoms with E-state index < -0.39 is 29.5 Å². The van der Waals surface area contributed by atoms with Gasteiger partial charge in [-0.2, -0.15) is 0 Å². The molecule has 8 heteroatoms. The number of nitrogens with zero attached hydrogens (tertiary/aromatic N) is 1. The van der Waals surface area contributed by atoms with Crippen molar-refractivity contribution in [2.75, 3.05) is 20.3 Å². The lowest BCUT2D eigenvalue weighted by atomic mass is 9.84. The van der Waals surface area contributed by atoms with Crippen LogP contribution in [0.5, 0.6) is 11.5 Å². The summed E-state index contributed by atoms with van der Waals surface area (Å²) in [6.45, 7) is 11.2. The Kier molecular flexibility index (Phi) is 5.97. The van der Waals surface area contributed by atoms with Crippen LogP contribution in [0.15, 0.2) is 6.07 Å². The average Bonchev–Trinajstić information content (AvgIpc) is 2.94. The van der Waals surface area contributed by atoms with Crippen molar-refractivity contribution in [1.82, 2.24) is 10.2 Å². The van der Waals surface area contributed by atoms with Crippen molar-refractivity contribution in [1.29, 1.82) is 0 Å². The van der Waals surface area contributed by atoms with Crippen LogP contribution >= 0.6 is 0 Å². The Bertz CT molecular complexity index is 817. The summed E-state index contributed by atoms with van der Waals surface area (Å²) in [5, 5.41) is 24.3. The molecule has 1 fully saturated rings. The zero-order chi connectivity index (χ0) is 22.4. The van der Waals surface area contributed by atoms with Gasteiger partial charge >= 0.3 is 6.09 Å². The van der Waals surface area contributed by atoms with Gasteiger partial charge in [-0.05, 0) is 59.1 Å². The first kappa shape index (κ1) is 22.7. The maximum atomic E-state index is 13.1. The van der Waals surface area contributed by atoms with Crippen LogP contribution in [-0.2, 0) is 15.9 Å². The average molecular weight is 423 g/mol. The number of ether oxygens (including phenoxy) is 3. The molecule has 3 rings (SSSR count). The van der Waals surface area contributed by atoms with Gasteiger partial charge in [0.1, 0.15) is 11.3 Å². The maximum absolute atomic E-state index is 13.1. The Labute approximate surface area is 178 Å². The van der Waals surface area contributed by atoms with E-state index in [0.717, 1.165) is 11.1 Å². The molecule has 1 aromatic rings. The first-order valence-electron chi connectivity index (χ1n) is 10.3. The van der Waals surface area contributed by atoms with Crippen LogP contribution in [0.25, 0.3) is 0 Å². The number of aromatic hydroxyl groups is 1. The fraction of sp³-hybridized carbons (Fsp3) is 0.682. The Morgan fingerprint density at radius 3 is 2.63 bits per heavy atom. The number of carbonyl (C=O) groups is 1. The maximum Gasteiger partial charge on any atom is 0.412 e.